The topological polar surface area (TPSA) is 76.0 Å². The Morgan fingerprint density at radius 3 is 2.62 bits per heavy atom. The Morgan fingerprint density at radius 1 is 1.19 bits per heavy atom. The fourth-order valence-electron chi connectivity index (χ4n) is 2.32. The molecule has 0 saturated heterocycles. The first-order valence-corrected chi connectivity index (χ1v) is 9.24. The van der Waals surface area contributed by atoms with Crippen LogP contribution in [0.1, 0.15) is 5.56 Å². The number of hydrogen-bond acceptors (Lipinski definition) is 7. The van der Waals surface area contributed by atoms with Crippen molar-refractivity contribution in [3.63, 3.8) is 0 Å². The molecular formula is C18H16BrN3O3S. The zero-order chi connectivity index (χ0) is 18.5. The minimum Gasteiger partial charge on any atom is -0.504 e. The number of benzene rings is 2. The van der Waals surface area contributed by atoms with Gasteiger partial charge in [-0.3, -0.25) is 5.43 Å². The Labute approximate surface area is 163 Å². The van der Waals surface area contributed by atoms with Crippen molar-refractivity contribution >= 4 is 38.6 Å². The molecule has 0 fully saturated rings. The van der Waals surface area contributed by atoms with Gasteiger partial charge >= 0.3 is 0 Å². The van der Waals surface area contributed by atoms with Crippen molar-refractivity contribution < 1.29 is 14.6 Å². The summed E-state index contributed by atoms with van der Waals surface area (Å²) < 4.78 is 11.1. The van der Waals surface area contributed by atoms with Gasteiger partial charge in [-0.25, -0.2) is 4.98 Å². The molecule has 0 radical (unpaired) electrons. The second-order valence-corrected chi connectivity index (χ2v) is 6.85. The van der Waals surface area contributed by atoms with E-state index < -0.39 is 0 Å². The van der Waals surface area contributed by atoms with Crippen LogP contribution in [0.25, 0.3) is 11.3 Å². The summed E-state index contributed by atoms with van der Waals surface area (Å²) in [6.07, 6.45) is 1.49. The second kappa shape index (κ2) is 8.20. The number of halogens is 1. The highest BCUT2D eigenvalue weighted by atomic mass is 79.9. The zero-order valence-electron chi connectivity index (χ0n) is 14.1. The average Bonchev–Trinajstić information content (AvgIpc) is 3.13. The maximum atomic E-state index is 10.3. The summed E-state index contributed by atoms with van der Waals surface area (Å²) in [5.74, 6) is 0.605. The van der Waals surface area contributed by atoms with E-state index in [-0.39, 0.29) is 11.5 Å². The SMILES string of the molecule is COc1c(Br)cc(C=NNc2nc(-c3ccccc3)cs2)c(O)c1OC. The molecule has 2 N–H and O–H groups in total. The largest absolute Gasteiger partial charge is 0.504 e. The fraction of sp³-hybridized carbons (Fsp3) is 0.111. The van der Waals surface area contributed by atoms with Crippen molar-refractivity contribution in [2.45, 2.75) is 0 Å². The lowest BCUT2D eigenvalue weighted by molar-refractivity contribution is 0.331. The van der Waals surface area contributed by atoms with Crippen molar-refractivity contribution in [2.24, 2.45) is 5.10 Å². The summed E-state index contributed by atoms with van der Waals surface area (Å²) in [5, 5.41) is 17.1. The summed E-state index contributed by atoms with van der Waals surface area (Å²) in [5.41, 5.74) is 5.27. The van der Waals surface area contributed by atoms with Crippen LogP contribution in [0.5, 0.6) is 17.2 Å². The Bertz CT molecular complexity index is 929. The number of aromatic nitrogens is 1. The van der Waals surface area contributed by atoms with E-state index in [4.69, 9.17) is 9.47 Å². The number of phenols is 1. The second-order valence-electron chi connectivity index (χ2n) is 5.14. The van der Waals surface area contributed by atoms with Crippen LogP contribution in [0, 0.1) is 0 Å². The van der Waals surface area contributed by atoms with E-state index in [0.29, 0.717) is 20.9 Å². The van der Waals surface area contributed by atoms with E-state index in [1.165, 1.54) is 31.8 Å². The number of ether oxygens (including phenoxy) is 2. The molecular weight excluding hydrogens is 418 g/mol. The number of aromatic hydroxyl groups is 1. The number of rotatable bonds is 6. The molecule has 1 aromatic heterocycles. The number of methoxy groups -OCH3 is 2. The molecule has 8 heteroatoms. The summed E-state index contributed by atoms with van der Waals surface area (Å²) >= 11 is 4.84. The first-order chi connectivity index (χ1) is 12.6. The molecule has 0 amide bonds. The van der Waals surface area contributed by atoms with Gasteiger partial charge in [0, 0.05) is 16.5 Å². The number of hydrazone groups is 1. The van der Waals surface area contributed by atoms with Crippen LogP contribution in [0.2, 0.25) is 0 Å². The smallest absolute Gasteiger partial charge is 0.204 e. The Morgan fingerprint density at radius 2 is 1.92 bits per heavy atom. The molecule has 0 spiro atoms. The van der Waals surface area contributed by atoms with E-state index in [1.54, 1.807) is 6.07 Å². The number of anilines is 1. The van der Waals surface area contributed by atoms with Gasteiger partial charge in [0.25, 0.3) is 0 Å². The van der Waals surface area contributed by atoms with Gasteiger partial charge in [0.2, 0.25) is 10.9 Å². The average molecular weight is 434 g/mol. The van der Waals surface area contributed by atoms with Gasteiger partial charge in [-0.2, -0.15) is 5.10 Å². The normalized spacial score (nSPS) is 10.9. The number of hydrogen-bond donors (Lipinski definition) is 2. The third kappa shape index (κ3) is 3.81. The van der Waals surface area contributed by atoms with Gasteiger partial charge in [0.05, 0.1) is 30.6 Å². The predicted octanol–water partition coefficient (Wildman–Crippen LogP) is 4.74. The highest BCUT2D eigenvalue weighted by Crippen LogP contribution is 2.43. The van der Waals surface area contributed by atoms with Gasteiger partial charge in [-0.1, -0.05) is 30.3 Å². The molecule has 2 aromatic carbocycles. The standard InChI is InChI=1S/C18H16BrN3O3S/c1-24-16-13(19)8-12(15(23)17(16)25-2)9-20-22-18-21-14(10-26-18)11-6-4-3-5-7-11/h3-10,23H,1-2H3,(H,21,22). The van der Waals surface area contributed by atoms with Crippen molar-refractivity contribution in [1.29, 1.82) is 0 Å². The van der Waals surface area contributed by atoms with E-state index >= 15 is 0 Å². The maximum Gasteiger partial charge on any atom is 0.204 e. The molecule has 0 unspecified atom stereocenters. The molecule has 3 rings (SSSR count). The van der Waals surface area contributed by atoms with Crippen LogP contribution in [0.4, 0.5) is 5.13 Å². The number of thiazole rings is 1. The minimum absolute atomic E-state index is 0.0535. The number of nitrogens with zero attached hydrogens (tertiary/aromatic N) is 2. The summed E-state index contributed by atoms with van der Waals surface area (Å²) in [7, 11) is 2.97. The van der Waals surface area contributed by atoms with Crippen molar-refractivity contribution in [3.05, 3.63) is 51.8 Å². The minimum atomic E-state index is -0.0535. The molecule has 134 valence electrons. The molecule has 3 aromatic rings. The van der Waals surface area contributed by atoms with Gasteiger partial charge < -0.3 is 14.6 Å². The van der Waals surface area contributed by atoms with Crippen molar-refractivity contribution in [1.82, 2.24) is 4.98 Å². The molecule has 0 bridgehead atoms. The molecule has 6 nitrogen and oxygen atoms in total. The van der Waals surface area contributed by atoms with Gasteiger partial charge in [-0.05, 0) is 22.0 Å². The molecule has 26 heavy (non-hydrogen) atoms. The highest BCUT2D eigenvalue weighted by Gasteiger charge is 2.17. The van der Waals surface area contributed by atoms with Crippen LogP contribution in [-0.2, 0) is 0 Å². The quantitative estimate of drug-likeness (QED) is 0.433. The van der Waals surface area contributed by atoms with E-state index in [0.717, 1.165) is 11.3 Å². The molecule has 0 atom stereocenters. The summed E-state index contributed by atoms with van der Waals surface area (Å²) in [6, 6.07) is 11.6. The molecule has 1 heterocycles. The van der Waals surface area contributed by atoms with Crippen LogP contribution in [0.3, 0.4) is 0 Å². The lowest BCUT2D eigenvalue weighted by atomic mass is 10.2. The fourth-order valence-corrected chi connectivity index (χ4v) is 3.58. The lowest BCUT2D eigenvalue weighted by Gasteiger charge is -2.12. The van der Waals surface area contributed by atoms with E-state index in [1.807, 2.05) is 35.7 Å². The number of nitrogens with one attached hydrogen (secondary N) is 1. The first kappa shape index (κ1) is 18.2. The Kier molecular flexibility index (Phi) is 5.75. The monoisotopic (exact) mass is 433 g/mol. The molecule has 0 aliphatic heterocycles. The Balaban J connectivity index is 1.77. The first-order valence-electron chi connectivity index (χ1n) is 7.57. The van der Waals surface area contributed by atoms with Crippen LogP contribution < -0.4 is 14.9 Å². The summed E-state index contributed by atoms with van der Waals surface area (Å²) in [6.45, 7) is 0. The van der Waals surface area contributed by atoms with Gasteiger partial charge in [-0.15, -0.1) is 11.3 Å². The summed E-state index contributed by atoms with van der Waals surface area (Å²) in [4.78, 5) is 4.49. The van der Waals surface area contributed by atoms with Crippen molar-refractivity contribution in [3.8, 4) is 28.5 Å². The van der Waals surface area contributed by atoms with Crippen molar-refractivity contribution in [2.75, 3.05) is 19.6 Å². The third-order valence-corrected chi connectivity index (χ3v) is 4.88. The van der Waals surface area contributed by atoms with Crippen LogP contribution >= 0.6 is 27.3 Å². The highest BCUT2D eigenvalue weighted by molar-refractivity contribution is 9.10. The molecule has 0 saturated carbocycles. The predicted molar refractivity (Wildman–Crippen MR) is 108 cm³/mol. The Hall–Kier alpha value is -2.58. The number of phenolic OH excluding ortho intramolecular Hbond substituents is 1. The third-order valence-electron chi connectivity index (χ3n) is 3.54. The van der Waals surface area contributed by atoms with E-state index in [9.17, 15) is 5.11 Å². The molecule has 0 aliphatic rings. The van der Waals surface area contributed by atoms with E-state index in [2.05, 4.69) is 31.4 Å². The zero-order valence-corrected chi connectivity index (χ0v) is 16.5. The lowest BCUT2D eigenvalue weighted by Crippen LogP contribution is -1.96. The maximum absolute atomic E-state index is 10.3. The van der Waals surface area contributed by atoms with Gasteiger partial charge in [0.15, 0.2) is 11.5 Å². The van der Waals surface area contributed by atoms with Crippen LogP contribution in [0.15, 0.2) is 51.4 Å². The van der Waals surface area contributed by atoms with Crippen LogP contribution in [-0.4, -0.2) is 30.5 Å². The van der Waals surface area contributed by atoms with Gasteiger partial charge in [0.1, 0.15) is 0 Å². The molecule has 0 aliphatic carbocycles.